The lowest BCUT2D eigenvalue weighted by Gasteiger charge is -2.38. The van der Waals surface area contributed by atoms with E-state index < -0.39 is 6.04 Å². The fourth-order valence-electron chi connectivity index (χ4n) is 5.12. The number of anilines is 2. The van der Waals surface area contributed by atoms with Crippen molar-refractivity contribution in [1.29, 1.82) is 0 Å². The Morgan fingerprint density at radius 2 is 1.88 bits per heavy atom. The number of piperazine rings is 1. The average Bonchev–Trinajstić information content (AvgIpc) is 3.80. The smallest absolute Gasteiger partial charge is 0.252 e. The maximum atomic E-state index is 15.3. The fraction of sp³-hybridized carbons (Fsp3) is 0.300. The highest BCUT2D eigenvalue weighted by atomic mass is 19.1. The second-order valence-electron chi connectivity index (χ2n) is 10.7. The minimum Gasteiger partial charge on any atom is -0.366 e. The first-order valence-corrected chi connectivity index (χ1v) is 14.0. The molecule has 0 saturated carbocycles. The Kier molecular flexibility index (Phi) is 7.77. The van der Waals surface area contributed by atoms with Gasteiger partial charge in [0.25, 0.3) is 5.91 Å². The highest BCUT2D eigenvalue weighted by Gasteiger charge is 2.31. The Balaban J connectivity index is 1.06. The lowest BCUT2D eigenvalue weighted by molar-refractivity contribution is -0.134. The van der Waals surface area contributed by atoms with Crippen LogP contribution in [0.1, 0.15) is 30.0 Å². The summed E-state index contributed by atoms with van der Waals surface area (Å²) in [7, 11) is 0. The Hall–Kier alpha value is -5.20. The first-order valence-electron chi connectivity index (χ1n) is 14.0. The van der Waals surface area contributed by atoms with Crippen molar-refractivity contribution < 1.29 is 23.0 Å². The molecule has 12 nitrogen and oxygen atoms in total. The van der Waals surface area contributed by atoms with E-state index in [1.165, 1.54) is 12.3 Å². The third kappa shape index (κ3) is 6.05. The van der Waals surface area contributed by atoms with E-state index in [1.807, 2.05) is 18.7 Å². The summed E-state index contributed by atoms with van der Waals surface area (Å²) in [6.45, 7) is 5.89. The number of nitrogens with one attached hydrogen (secondary N) is 3. The lowest BCUT2D eigenvalue weighted by atomic mass is 10.0. The average molecular weight is 587 g/mol. The van der Waals surface area contributed by atoms with Gasteiger partial charge in [0.1, 0.15) is 23.8 Å². The zero-order valence-electron chi connectivity index (χ0n) is 23.7. The van der Waals surface area contributed by atoms with Gasteiger partial charge in [-0.05, 0) is 36.2 Å². The van der Waals surface area contributed by atoms with Crippen LogP contribution in [0.4, 0.5) is 15.9 Å². The predicted molar refractivity (Wildman–Crippen MR) is 157 cm³/mol. The third-order valence-corrected chi connectivity index (χ3v) is 7.52. The lowest BCUT2D eigenvalue weighted by Crippen LogP contribution is -2.56. The topological polar surface area (TPSA) is 145 Å². The Bertz CT molecular complexity index is 1720. The van der Waals surface area contributed by atoms with E-state index in [1.54, 1.807) is 53.7 Å². The molecule has 1 atom stereocenters. The van der Waals surface area contributed by atoms with E-state index in [0.717, 1.165) is 11.0 Å². The molecule has 0 bridgehead atoms. The molecule has 43 heavy (non-hydrogen) atoms. The number of hydrogen-bond acceptors (Lipinski definition) is 9. The van der Waals surface area contributed by atoms with Crippen LogP contribution < -0.4 is 15.5 Å². The van der Waals surface area contributed by atoms with Gasteiger partial charge >= 0.3 is 0 Å². The molecule has 4 heterocycles. The molecule has 1 saturated heterocycles. The monoisotopic (exact) mass is 586 g/mol. The Morgan fingerprint density at radius 1 is 1.05 bits per heavy atom. The molecule has 0 spiro atoms. The van der Waals surface area contributed by atoms with Gasteiger partial charge in [-0.15, -0.1) is 0 Å². The van der Waals surface area contributed by atoms with Gasteiger partial charge in [0, 0.05) is 49.4 Å². The van der Waals surface area contributed by atoms with Crippen LogP contribution in [-0.4, -0.2) is 69.2 Å². The van der Waals surface area contributed by atoms with E-state index in [-0.39, 0.29) is 23.5 Å². The van der Waals surface area contributed by atoms with Crippen LogP contribution >= 0.6 is 0 Å². The quantitative estimate of drug-likeness (QED) is 0.233. The number of fused-ring (bicyclic) bond motifs is 1. The molecular formula is C30H31FN8O4. The van der Waals surface area contributed by atoms with Crippen molar-refractivity contribution in [3.8, 4) is 11.3 Å². The van der Waals surface area contributed by atoms with Crippen molar-refractivity contribution in [2.75, 3.05) is 36.4 Å². The van der Waals surface area contributed by atoms with Gasteiger partial charge in [-0.2, -0.15) is 0 Å². The van der Waals surface area contributed by atoms with E-state index in [0.29, 0.717) is 66.8 Å². The number of imidazole rings is 1. The Morgan fingerprint density at radius 3 is 2.63 bits per heavy atom. The fourth-order valence-corrected chi connectivity index (χ4v) is 5.12. The van der Waals surface area contributed by atoms with Gasteiger partial charge in [-0.1, -0.05) is 30.2 Å². The second kappa shape index (κ2) is 12.0. The molecule has 13 heteroatoms. The van der Waals surface area contributed by atoms with Gasteiger partial charge in [0.2, 0.25) is 5.91 Å². The van der Waals surface area contributed by atoms with Gasteiger partial charge < -0.3 is 34.5 Å². The van der Waals surface area contributed by atoms with E-state index in [9.17, 15) is 9.59 Å². The number of nitrogens with zero attached hydrogens (tertiary/aromatic N) is 5. The van der Waals surface area contributed by atoms with E-state index in [4.69, 9.17) is 9.05 Å². The minimum atomic E-state index is -0.689. The summed E-state index contributed by atoms with van der Waals surface area (Å²) in [5.74, 6) is 0.159. The summed E-state index contributed by atoms with van der Waals surface area (Å²) in [6.07, 6.45) is 3.03. The molecule has 0 unspecified atom stereocenters. The van der Waals surface area contributed by atoms with Crippen LogP contribution in [0, 0.1) is 11.7 Å². The number of aromatic nitrogens is 4. The van der Waals surface area contributed by atoms with Crippen LogP contribution in [0.3, 0.4) is 0 Å². The number of halogens is 1. The molecule has 1 aliphatic rings. The number of rotatable bonds is 9. The highest BCUT2D eigenvalue weighted by molar-refractivity contribution is 5.99. The first-order chi connectivity index (χ1) is 20.9. The van der Waals surface area contributed by atoms with Gasteiger partial charge in [-0.3, -0.25) is 9.59 Å². The number of H-pyrrole nitrogens is 1. The molecule has 5 aromatic rings. The van der Waals surface area contributed by atoms with Crippen LogP contribution in [0.5, 0.6) is 0 Å². The van der Waals surface area contributed by atoms with Crippen molar-refractivity contribution in [2.45, 2.75) is 26.4 Å². The summed E-state index contributed by atoms with van der Waals surface area (Å²) in [5.41, 5.74) is 3.52. The summed E-state index contributed by atoms with van der Waals surface area (Å²) in [5, 5.41) is 13.8. The molecule has 222 valence electrons. The standard InChI is InChI=1S/C30H31FN8O4/c1-18(2)28(35-29(40)20-3-5-23-25(14-20)34-17-33-23)30(41)39-10-8-38(9-11-39)26-6-4-19(13-22(26)31)24-15-21(43-36-24)16-32-27-7-12-42-37-27/h3-7,12-15,17-18,28H,8-11,16H2,1-2H3,(H,32,37)(H,33,34)(H,35,40)/t28-/m1/s1. The highest BCUT2D eigenvalue weighted by Crippen LogP contribution is 2.28. The minimum absolute atomic E-state index is 0.120. The molecule has 6 rings (SSSR count). The molecule has 1 fully saturated rings. The second-order valence-corrected chi connectivity index (χ2v) is 10.7. The summed E-state index contributed by atoms with van der Waals surface area (Å²) in [4.78, 5) is 37.3. The van der Waals surface area contributed by atoms with Gasteiger partial charge in [-0.25, -0.2) is 9.37 Å². The van der Waals surface area contributed by atoms with Crippen molar-refractivity contribution >= 4 is 34.4 Å². The maximum Gasteiger partial charge on any atom is 0.252 e. The van der Waals surface area contributed by atoms with Crippen molar-refractivity contribution in [3.05, 3.63) is 78.3 Å². The van der Waals surface area contributed by atoms with E-state index in [2.05, 4.69) is 30.9 Å². The Labute approximate surface area is 246 Å². The largest absolute Gasteiger partial charge is 0.366 e. The zero-order chi connectivity index (χ0) is 29.9. The predicted octanol–water partition coefficient (Wildman–Crippen LogP) is 4.06. The first kappa shape index (κ1) is 27.9. The number of carbonyl (C=O) groups is 2. The number of carbonyl (C=O) groups excluding carboxylic acids is 2. The summed E-state index contributed by atoms with van der Waals surface area (Å²) < 4.78 is 25.4. The van der Waals surface area contributed by atoms with Crippen molar-refractivity contribution in [3.63, 3.8) is 0 Å². The summed E-state index contributed by atoms with van der Waals surface area (Å²) >= 11 is 0. The van der Waals surface area contributed by atoms with Gasteiger partial charge in [0.15, 0.2) is 11.6 Å². The van der Waals surface area contributed by atoms with Gasteiger partial charge in [0.05, 0.1) is 29.6 Å². The SMILES string of the molecule is CC(C)[C@@H](NC(=O)c1ccc2nc[nH]c2c1)C(=O)N1CCN(c2ccc(-c3cc(CNc4ccon4)on3)cc2F)CC1. The van der Waals surface area contributed by atoms with Crippen molar-refractivity contribution in [2.24, 2.45) is 5.92 Å². The molecule has 2 amide bonds. The number of amides is 2. The van der Waals surface area contributed by atoms with Crippen LogP contribution in [0.25, 0.3) is 22.3 Å². The van der Waals surface area contributed by atoms with Crippen LogP contribution in [0.2, 0.25) is 0 Å². The maximum absolute atomic E-state index is 15.3. The number of aromatic amines is 1. The number of hydrogen-bond donors (Lipinski definition) is 3. The molecule has 0 aliphatic carbocycles. The van der Waals surface area contributed by atoms with E-state index >= 15 is 4.39 Å². The molecule has 2 aromatic carbocycles. The molecule has 0 radical (unpaired) electrons. The normalized spacial score (nSPS) is 14.3. The zero-order valence-corrected chi connectivity index (χ0v) is 23.7. The number of benzene rings is 2. The van der Waals surface area contributed by atoms with Crippen LogP contribution in [-0.2, 0) is 11.3 Å². The third-order valence-electron chi connectivity index (χ3n) is 7.52. The molecule has 3 N–H and O–H groups in total. The molecule has 1 aliphatic heterocycles. The van der Waals surface area contributed by atoms with Crippen LogP contribution in [0.15, 0.2) is 70.2 Å². The van der Waals surface area contributed by atoms with Crippen molar-refractivity contribution in [1.82, 2.24) is 30.5 Å². The molecular weight excluding hydrogens is 555 g/mol. The summed E-state index contributed by atoms with van der Waals surface area (Å²) in [6, 6.07) is 12.9. The molecule has 3 aromatic heterocycles.